The van der Waals surface area contributed by atoms with Crippen LogP contribution in [0.25, 0.3) is 0 Å². The Balaban J connectivity index is 1.72. The van der Waals surface area contributed by atoms with E-state index in [0.29, 0.717) is 53.9 Å². The fraction of sp³-hybridized carbons (Fsp3) is 0.111. The van der Waals surface area contributed by atoms with Gasteiger partial charge in [0.2, 0.25) is 0 Å². The zero-order valence-corrected chi connectivity index (χ0v) is 21.7. The molecule has 1 atom stereocenters. The van der Waals surface area contributed by atoms with Crippen molar-refractivity contribution in [2.24, 2.45) is 0 Å². The molecule has 0 unspecified atom stereocenters. The summed E-state index contributed by atoms with van der Waals surface area (Å²) >= 11 is 20.0. The van der Waals surface area contributed by atoms with E-state index in [4.69, 9.17) is 34.8 Å². The highest BCUT2D eigenvalue weighted by Gasteiger charge is 2.35. The number of allylic oxidation sites excluding steroid dienone is 2. The standard InChI is InChI=1S/C27H20Cl3N3OS/c1-16-24(26(34)33-20-12-10-19(29)11-13-20)25(21-4-2-3-5-23(21)30)22(14-31)27(32-16)35-15-17-6-8-18(28)9-7-17/h2-13,25,32H,15H2,1H3,(H,33,34)/t25-/m0/s1. The number of amides is 1. The molecule has 1 amide bonds. The highest BCUT2D eigenvalue weighted by molar-refractivity contribution is 8.02. The van der Waals surface area contributed by atoms with Crippen molar-refractivity contribution in [1.82, 2.24) is 5.32 Å². The van der Waals surface area contributed by atoms with Crippen LogP contribution in [0.4, 0.5) is 5.69 Å². The van der Waals surface area contributed by atoms with Gasteiger partial charge >= 0.3 is 0 Å². The average molecular weight is 541 g/mol. The maximum atomic E-state index is 13.5. The Morgan fingerprint density at radius 1 is 1.00 bits per heavy atom. The number of thioether (sulfide) groups is 1. The summed E-state index contributed by atoms with van der Waals surface area (Å²) in [5.41, 5.74) is 3.87. The van der Waals surface area contributed by atoms with Gasteiger partial charge in [-0.25, -0.2) is 0 Å². The third kappa shape index (κ3) is 5.86. The van der Waals surface area contributed by atoms with Crippen molar-refractivity contribution < 1.29 is 4.79 Å². The Hall–Kier alpha value is -2.88. The van der Waals surface area contributed by atoms with E-state index in [1.165, 1.54) is 11.8 Å². The molecule has 0 aliphatic carbocycles. The highest BCUT2D eigenvalue weighted by atomic mass is 35.5. The Labute approximate surface area is 223 Å². The summed E-state index contributed by atoms with van der Waals surface area (Å²) in [6, 6.07) is 24.0. The third-order valence-electron chi connectivity index (χ3n) is 5.51. The van der Waals surface area contributed by atoms with E-state index in [1.807, 2.05) is 49.4 Å². The second-order valence-electron chi connectivity index (χ2n) is 7.85. The van der Waals surface area contributed by atoms with E-state index < -0.39 is 5.92 Å². The van der Waals surface area contributed by atoms with E-state index in [0.717, 1.165) is 5.56 Å². The summed E-state index contributed by atoms with van der Waals surface area (Å²) in [7, 11) is 0. The van der Waals surface area contributed by atoms with Crippen LogP contribution in [-0.4, -0.2) is 5.91 Å². The number of anilines is 1. The predicted molar refractivity (Wildman–Crippen MR) is 145 cm³/mol. The van der Waals surface area contributed by atoms with Gasteiger partial charge in [0.05, 0.1) is 22.6 Å². The maximum absolute atomic E-state index is 13.5. The number of carbonyl (C=O) groups excluding carboxylic acids is 1. The second-order valence-corrected chi connectivity index (χ2v) is 10.1. The maximum Gasteiger partial charge on any atom is 0.254 e. The fourth-order valence-corrected chi connectivity index (χ4v) is 5.36. The van der Waals surface area contributed by atoms with E-state index in [9.17, 15) is 10.1 Å². The number of nitrogens with zero attached hydrogens (tertiary/aromatic N) is 1. The van der Waals surface area contributed by atoms with Gasteiger partial charge in [-0.05, 0) is 60.5 Å². The van der Waals surface area contributed by atoms with Gasteiger partial charge in [-0.1, -0.05) is 65.1 Å². The number of rotatable bonds is 6. The number of hydrogen-bond donors (Lipinski definition) is 2. The molecule has 0 spiro atoms. The summed E-state index contributed by atoms with van der Waals surface area (Å²) in [6.45, 7) is 1.83. The van der Waals surface area contributed by atoms with Crippen LogP contribution in [0.5, 0.6) is 0 Å². The van der Waals surface area contributed by atoms with Crippen LogP contribution < -0.4 is 10.6 Å². The number of dihydropyridines is 1. The molecule has 35 heavy (non-hydrogen) atoms. The number of halogens is 3. The van der Waals surface area contributed by atoms with Gasteiger partial charge in [0.25, 0.3) is 5.91 Å². The van der Waals surface area contributed by atoms with E-state index in [-0.39, 0.29) is 5.91 Å². The number of hydrogen-bond acceptors (Lipinski definition) is 4. The minimum atomic E-state index is -0.630. The quantitative estimate of drug-likeness (QED) is 0.333. The molecule has 1 heterocycles. The van der Waals surface area contributed by atoms with Gasteiger partial charge in [-0.3, -0.25) is 4.79 Å². The van der Waals surface area contributed by atoms with Crippen LogP contribution in [0.3, 0.4) is 0 Å². The Morgan fingerprint density at radius 3 is 2.26 bits per heavy atom. The lowest BCUT2D eigenvalue weighted by atomic mass is 9.82. The lowest BCUT2D eigenvalue weighted by Gasteiger charge is -2.30. The summed E-state index contributed by atoms with van der Waals surface area (Å²) in [5.74, 6) is -0.328. The first-order chi connectivity index (χ1) is 16.9. The zero-order chi connectivity index (χ0) is 24.9. The summed E-state index contributed by atoms with van der Waals surface area (Å²) in [5, 5.41) is 18.9. The molecular weight excluding hydrogens is 521 g/mol. The average Bonchev–Trinajstić information content (AvgIpc) is 2.85. The topological polar surface area (TPSA) is 64.9 Å². The van der Waals surface area contributed by atoms with Crippen molar-refractivity contribution in [1.29, 1.82) is 5.26 Å². The van der Waals surface area contributed by atoms with Crippen molar-refractivity contribution in [2.45, 2.75) is 18.6 Å². The lowest BCUT2D eigenvalue weighted by molar-refractivity contribution is -0.113. The molecule has 4 nitrogen and oxygen atoms in total. The number of nitrogens with one attached hydrogen (secondary N) is 2. The van der Waals surface area contributed by atoms with Gasteiger partial charge in [0, 0.05) is 37.8 Å². The van der Waals surface area contributed by atoms with Crippen molar-refractivity contribution in [2.75, 3.05) is 5.32 Å². The van der Waals surface area contributed by atoms with Crippen molar-refractivity contribution in [3.05, 3.63) is 121 Å². The molecule has 0 saturated heterocycles. The predicted octanol–water partition coefficient (Wildman–Crippen LogP) is 7.91. The molecule has 4 rings (SSSR count). The van der Waals surface area contributed by atoms with Crippen LogP contribution in [0.2, 0.25) is 15.1 Å². The molecular formula is C27H20Cl3N3OS. The number of benzene rings is 3. The van der Waals surface area contributed by atoms with Crippen molar-refractivity contribution in [3.8, 4) is 6.07 Å². The second kappa shape index (κ2) is 11.2. The van der Waals surface area contributed by atoms with Crippen LogP contribution in [0.15, 0.2) is 94.7 Å². The Morgan fingerprint density at radius 2 is 1.63 bits per heavy atom. The lowest BCUT2D eigenvalue weighted by Crippen LogP contribution is -2.30. The molecule has 8 heteroatoms. The zero-order valence-electron chi connectivity index (χ0n) is 18.6. The minimum Gasteiger partial charge on any atom is -0.353 e. The molecule has 1 aliphatic rings. The minimum absolute atomic E-state index is 0.322. The van der Waals surface area contributed by atoms with Crippen LogP contribution in [0, 0.1) is 11.3 Å². The first-order valence-corrected chi connectivity index (χ1v) is 12.8. The third-order valence-corrected chi connectivity index (χ3v) is 7.44. The first-order valence-electron chi connectivity index (χ1n) is 10.7. The van der Waals surface area contributed by atoms with Gasteiger partial charge < -0.3 is 10.6 Å². The Kier molecular flexibility index (Phi) is 8.10. The molecule has 0 saturated carbocycles. The Bertz CT molecular complexity index is 1360. The van der Waals surface area contributed by atoms with Crippen LogP contribution >= 0.6 is 46.6 Å². The normalized spacial score (nSPS) is 15.5. The molecule has 1 aliphatic heterocycles. The molecule has 0 bridgehead atoms. The van der Waals surface area contributed by atoms with Crippen molar-refractivity contribution in [3.63, 3.8) is 0 Å². The summed E-state index contributed by atoms with van der Waals surface area (Å²) in [4.78, 5) is 13.5. The van der Waals surface area contributed by atoms with Crippen LogP contribution in [0.1, 0.15) is 24.0 Å². The SMILES string of the molecule is CC1=C(C(=O)Nc2ccc(Cl)cc2)[C@@H](c2ccccc2Cl)C(C#N)=C(SCc2ccc(Cl)cc2)N1. The van der Waals surface area contributed by atoms with Gasteiger partial charge in [0.15, 0.2) is 0 Å². The molecule has 2 N–H and O–H groups in total. The fourth-order valence-electron chi connectivity index (χ4n) is 3.82. The van der Waals surface area contributed by atoms with E-state index in [2.05, 4.69) is 16.7 Å². The molecule has 3 aromatic carbocycles. The number of carbonyl (C=O) groups is 1. The summed E-state index contributed by atoms with van der Waals surface area (Å²) in [6.07, 6.45) is 0. The smallest absolute Gasteiger partial charge is 0.254 e. The first kappa shape index (κ1) is 25.2. The molecule has 0 fully saturated rings. The van der Waals surface area contributed by atoms with Crippen molar-refractivity contribution >= 4 is 58.2 Å². The summed E-state index contributed by atoms with van der Waals surface area (Å²) < 4.78 is 0. The molecule has 0 aromatic heterocycles. The van der Waals surface area contributed by atoms with Gasteiger partial charge in [-0.15, -0.1) is 11.8 Å². The van der Waals surface area contributed by atoms with Gasteiger partial charge in [-0.2, -0.15) is 5.26 Å². The molecule has 0 radical (unpaired) electrons. The molecule has 176 valence electrons. The molecule has 3 aromatic rings. The van der Waals surface area contributed by atoms with Crippen LogP contribution in [-0.2, 0) is 10.5 Å². The van der Waals surface area contributed by atoms with E-state index >= 15 is 0 Å². The highest BCUT2D eigenvalue weighted by Crippen LogP contribution is 2.43. The largest absolute Gasteiger partial charge is 0.353 e. The van der Waals surface area contributed by atoms with Gasteiger partial charge in [0.1, 0.15) is 0 Å². The number of nitriles is 1. The van der Waals surface area contributed by atoms with E-state index in [1.54, 1.807) is 30.3 Å². The monoisotopic (exact) mass is 539 g/mol.